The van der Waals surface area contributed by atoms with Crippen molar-refractivity contribution in [3.05, 3.63) is 28.5 Å². The van der Waals surface area contributed by atoms with Crippen LogP contribution in [0.2, 0.25) is 0 Å². The number of hydrogen-bond donors (Lipinski definition) is 0. The summed E-state index contributed by atoms with van der Waals surface area (Å²) in [7, 11) is -2.19. The Hall–Kier alpha value is -0.500. The number of epoxide rings is 1. The highest BCUT2D eigenvalue weighted by Crippen LogP contribution is 2.22. The van der Waals surface area contributed by atoms with Crippen LogP contribution in [0.5, 0.6) is 0 Å². The minimum absolute atomic E-state index is 0.0323. The third-order valence-electron chi connectivity index (χ3n) is 2.46. The summed E-state index contributed by atoms with van der Waals surface area (Å²) in [6.07, 6.45) is -0.0323. The van der Waals surface area contributed by atoms with Gasteiger partial charge in [0.2, 0.25) is 10.0 Å². The van der Waals surface area contributed by atoms with Gasteiger partial charge in [0.1, 0.15) is 5.82 Å². The maximum absolute atomic E-state index is 13.3. The van der Waals surface area contributed by atoms with Crippen LogP contribution < -0.4 is 0 Å². The van der Waals surface area contributed by atoms with Gasteiger partial charge in [0, 0.05) is 13.6 Å². The number of hydrogen-bond acceptors (Lipinski definition) is 3. The fourth-order valence-electron chi connectivity index (χ4n) is 1.38. The second-order valence-corrected chi connectivity index (χ2v) is 6.72. The van der Waals surface area contributed by atoms with Gasteiger partial charge >= 0.3 is 0 Å². The summed E-state index contributed by atoms with van der Waals surface area (Å²) in [6.45, 7) is 0.870. The van der Waals surface area contributed by atoms with E-state index >= 15 is 0 Å². The van der Waals surface area contributed by atoms with Crippen molar-refractivity contribution in [2.24, 2.45) is 0 Å². The number of sulfonamides is 1. The van der Waals surface area contributed by atoms with Crippen molar-refractivity contribution in [1.82, 2.24) is 4.31 Å². The lowest BCUT2D eigenvalue weighted by molar-refractivity contribution is 0.359. The highest BCUT2D eigenvalue weighted by atomic mass is 79.9. The molecule has 1 fully saturated rings. The Morgan fingerprint density at radius 2 is 2.24 bits per heavy atom. The summed E-state index contributed by atoms with van der Waals surface area (Å²) in [5, 5.41) is 0. The van der Waals surface area contributed by atoms with Gasteiger partial charge < -0.3 is 4.74 Å². The minimum Gasteiger partial charge on any atom is -0.372 e. The molecule has 1 aromatic carbocycles. The fraction of sp³-hybridized carbons (Fsp3) is 0.400. The molecule has 1 heterocycles. The topological polar surface area (TPSA) is 49.9 Å². The zero-order valence-corrected chi connectivity index (χ0v) is 11.5. The molecule has 94 valence electrons. The van der Waals surface area contributed by atoms with Crippen LogP contribution in [0.1, 0.15) is 0 Å². The van der Waals surface area contributed by atoms with Crippen molar-refractivity contribution in [3.63, 3.8) is 0 Å². The van der Waals surface area contributed by atoms with Gasteiger partial charge in [-0.2, -0.15) is 4.31 Å². The Bertz CT molecular complexity index is 530. The molecule has 0 aliphatic carbocycles. The van der Waals surface area contributed by atoms with Gasteiger partial charge in [-0.1, -0.05) is 0 Å². The standard InChI is InChI=1S/C10H11BrFNO3S/c1-13(5-7-6-16-7)17(14,15)8-2-3-9(11)10(12)4-8/h2-4,7H,5-6H2,1H3/t7-/m0/s1. The van der Waals surface area contributed by atoms with E-state index in [1.54, 1.807) is 0 Å². The first-order valence-corrected chi connectivity index (χ1v) is 7.17. The van der Waals surface area contributed by atoms with Gasteiger partial charge in [-0.05, 0) is 34.1 Å². The lowest BCUT2D eigenvalue weighted by Crippen LogP contribution is -2.30. The highest BCUT2D eigenvalue weighted by Gasteiger charge is 2.30. The van der Waals surface area contributed by atoms with Crippen molar-refractivity contribution >= 4 is 26.0 Å². The van der Waals surface area contributed by atoms with Crippen LogP contribution in [0.25, 0.3) is 0 Å². The minimum atomic E-state index is -3.64. The summed E-state index contributed by atoms with van der Waals surface area (Å²) < 4.78 is 43.8. The third-order valence-corrected chi connectivity index (χ3v) is 4.92. The summed E-state index contributed by atoms with van der Waals surface area (Å²) in [6, 6.07) is 3.75. The molecule has 0 bridgehead atoms. The predicted molar refractivity (Wildman–Crippen MR) is 63.7 cm³/mol. The number of benzene rings is 1. The number of halogens is 2. The molecule has 0 saturated carbocycles. The Kier molecular flexibility index (Phi) is 3.53. The van der Waals surface area contributed by atoms with Crippen LogP contribution in [-0.4, -0.2) is 39.0 Å². The monoisotopic (exact) mass is 323 g/mol. The van der Waals surface area contributed by atoms with E-state index in [1.807, 2.05) is 0 Å². The lowest BCUT2D eigenvalue weighted by atomic mass is 10.3. The largest absolute Gasteiger partial charge is 0.372 e. The molecule has 0 spiro atoms. The Balaban J connectivity index is 2.26. The van der Waals surface area contributed by atoms with Crippen molar-refractivity contribution < 1.29 is 17.5 Å². The molecule has 1 saturated heterocycles. The summed E-state index contributed by atoms with van der Waals surface area (Å²) in [4.78, 5) is -0.0543. The molecule has 1 atom stereocenters. The van der Waals surface area contributed by atoms with E-state index in [0.29, 0.717) is 13.2 Å². The molecule has 0 N–H and O–H groups in total. The molecule has 1 aliphatic rings. The van der Waals surface area contributed by atoms with Gasteiger partial charge in [-0.25, -0.2) is 12.8 Å². The van der Waals surface area contributed by atoms with Crippen LogP contribution in [0.15, 0.2) is 27.6 Å². The van der Waals surface area contributed by atoms with Crippen LogP contribution in [0, 0.1) is 5.82 Å². The van der Waals surface area contributed by atoms with E-state index in [-0.39, 0.29) is 15.5 Å². The molecule has 0 aromatic heterocycles. The third kappa shape index (κ3) is 2.85. The molecule has 0 unspecified atom stereocenters. The lowest BCUT2D eigenvalue weighted by Gasteiger charge is -2.16. The van der Waals surface area contributed by atoms with Gasteiger partial charge in [0.05, 0.1) is 22.1 Å². The summed E-state index contributed by atoms with van der Waals surface area (Å²) >= 11 is 2.98. The summed E-state index contributed by atoms with van der Waals surface area (Å²) in [5.74, 6) is -0.595. The number of ether oxygens (including phenoxy) is 1. The van der Waals surface area contributed by atoms with Crippen molar-refractivity contribution in [1.29, 1.82) is 0 Å². The highest BCUT2D eigenvalue weighted by molar-refractivity contribution is 9.10. The molecule has 4 nitrogen and oxygen atoms in total. The quantitative estimate of drug-likeness (QED) is 0.791. The van der Waals surface area contributed by atoms with E-state index in [4.69, 9.17) is 4.74 Å². The molecule has 17 heavy (non-hydrogen) atoms. The zero-order chi connectivity index (χ0) is 12.6. The van der Waals surface area contributed by atoms with E-state index in [2.05, 4.69) is 15.9 Å². The van der Waals surface area contributed by atoms with Crippen molar-refractivity contribution in [2.75, 3.05) is 20.2 Å². The van der Waals surface area contributed by atoms with Crippen LogP contribution in [-0.2, 0) is 14.8 Å². The molecule has 7 heteroatoms. The first-order chi connectivity index (χ1) is 7.91. The van der Waals surface area contributed by atoms with Gasteiger partial charge in [0.15, 0.2) is 0 Å². The molecule has 1 aliphatic heterocycles. The molecular weight excluding hydrogens is 313 g/mol. The maximum Gasteiger partial charge on any atom is 0.243 e. The van der Waals surface area contributed by atoms with Crippen LogP contribution >= 0.6 is 15.9 Å². The Labute approximate surface area is 108 Å². The maximum atomic E-state index is 13.3. The van der Waals surface area contributed by atoms with E-state index in [1.165, 1.54) is 23.5 Å². The first kappa shape index (κ1) is 12.9. The summed E-state index contributed by atoms with van der Waals surface area (Å²) in [5.41, 5.74) is 0. The van der Waals surface area contributed by atoms with E-state index in [0.717, 1.165) is 6.07 Å². The van der Waals surface area contributed by atoms with Gasteiger partial charge in [-0.15, -0.1) is 0 Å². The Morgan fingerprint density at radius 3 is 2.76 bits per heavy atom. The fourth-order valence-corrected chi connectivity index (χ4v) is 2.84. The van der Waals surface area contributed by atoms with Crippen molar-refractivity contribution in [3.8, 4) is 0 Å². The number of rotatable bonds is 4. The van der Waals surface area contributed by atoms with E-state index in [9.17, 15) is 12.8 Å². The molecular formula is C10H11BrFNO3S. The van der Waals surface area contributed by atoms with Gasteiger partial charge in [0.25, 0.3) is 0 Å². The van der Waals surface area contributed by atoms with E-state index < -0.39 is 15.8 Å². The molecule has 2 rings (SSSR count). The second kappa shape index (κ2) is 4.64. The van der Waals surface area contributed by atoms with Crippen LogP contribution in [0.4, 0.5) is 4.39 Å². The predicted octanol–water partition coefficient (Wildman–Crippen LogP) is 1.61. The van der Waals surface area contributed by atoms with Crippen molar-refractivity contribution in [2.45, 2.75) is 11.0 Å². The second-order valence-electron chi connectivity index (χ2n) is 3.82. The average Bonchev–Trinajstić information content (AvgIpc) is 3.05. The van der Waals surface area contributed by atoms with Gasteiger partial charge in [-0.3, -0.25) is 0 Å². The number of likely N-dealkylation sites (N-methyl/N-ethyl adjacent to an activating group) is 1. The smallest absolute Gasteiger partial charge is 0.243 e. The normalized spacial score (nSPS) is 19.6. The molecule has 1 aromatic rings. The first-order valence-electron chi connectivity index (χ1n) is 4.94. The zero-order valence-electron chi connectivity index (χ0n) is 9.06. The number of nitrogens with zero attached hydrogens (tertiary/aromatic N) is 1. The average molecular weight is 324 g/mol. The molecule has 0 amide bonds. The molecule has 0 radical (unpaired) electrons. The van der Waals surface area contributed by atoms with Crippen LogP contribution in [0.3, 0.4) is 0 Å². The Morgan fingerprint density at radius 1 is 1.59 bits per heavy atom. The SMILES string of the molecule is CN(C[C@H]1CO1)S(=O)(=O)c1ccc(Br)c(F)c1.